The van der Waals surface area contributed by atoms with Crippen LogP contribution >= 0.6 is 0 Å². The molecule has 0 aromatic heterocycles. The van der Waals surface area contributed by atoms with Gasteiger partial charge in [0.1, 0.15) is 76.3 Å². The Labute approximate surface area is 324 Å². The summed E-state index contributed by atoms with van der Waals surface area (Å²) in [5, 5.41) is 51.3. The SMILES string of the molecule is CN(C)c1ccc2c(-c3ccc(N(CC(=O)O)CC(=O)O)cc3OCCOc3cc([N+](=O)[O-])ccc3N(CC(=O)O)CC(=O)O)c3ccc(=[N+](C)C)cc-3oc2c1. The molecule has 0 unspecified atom stereocenters. The first-order chi connectivity index (χ1) is 27.0. The number of carbonyl (C=O) groups is 4. The number of hydrogen-bond acceptors (Lipinski definition) is 12. The number of non-ortho nitro benzene ring substituents is 1. The first-order valence-corrected chi connectivity index (χ1v) is 17.3. The maximum absolute atomic E-state index is 11.8. The summed E-state index contributed by atoms with van der Waals surface area (Å²) in [6, 6.07) is 19.5. The number of nitro benzene ring substituents is 1. The van der Waals surface area contributed by atoms with Crippen LogP contribution in [0.4, 0.5) is 22.7 Å². The van der Waals surface area contributed by atoms with E-state index in [1.54, 1.807) is 12.1 Å². The van der Waals surface area contributed by atoms with E-state index in [2.05, 4.69) is 0 Å². The Bertz CT molecular complexity index is 2370. The Kier molecular flexibility index (Phi) is 12.5. The van der Waals surface area contributed by atoms with Crippen LogP contribution in [0.5, 0.6) is 11.5 Å². The Morgan fingerprint density at radius 2 is 1.26 bits per heavy atom. The van der Waals surface area contributed by atoms with Crippen LogP contribution in [-0.4, -0.2) is 117 Å². The molecule has 3 aromatic carbocycles. The Morgan fingerprint density at radius 3 is 1.84 bits per heavy atom. The van der Waals surface area contributed by atoms with Crippen molar-refractivity contribution in [1.82, 2.24) is 4.58 Å². The molecule has 3 aromatic rings. The summed E-state index contributed by atoms with van der Waals surface area (Å²) in [5.74, 6) is -4.66. The molecule has 1 heterocycles. The number of nitrogens with zero attached hydrogens (tertiary/aromatic N) is 5. The molecule has 0 bridgehead atoms. The number of benzene rings is 4. The van der Waals surface area contributed by atoms with Crippen LogP contribution in [0.2, 0.25) is 0 Å². The predicted octanol–water partition coefficient (Wildman–Crippen LogP) is 3.62. The van der Waals surface area contributed by atoms with Crippen molar-refractivity contribution in [2.45, 2.75) is 0 Å². The summed E-state index contributed by atoms with van der Waals surface area (Å²) >= 11 is 0. The number of ether oxygens (including phenoxy) is 2. The van der Waals surface area contributed by atoms with Crippen molar-refractivity contribution in [2.24, 2.45) is 0 Å². The number of anilines is 3. The van der Waals surface area contributed by atoms with Gasteiger partial charge in [0, 0.05) is 71.8 Å². The molecule has 0 saturated heterocycles. The van der Waals surface area contributed by atoms with Gasteiger partial charge in [-0.3, -0.25) is 29.3 Å². The lowest BCUT2D eigenvalue weighted by molar-refractivity contribution is -0.384. The second-order valence-corrected chi connectivity index (χ2v) is 13.2. The summed E-state index contributed by atoms with van der Waals surface area (Å²) in [7, 11) is 7.58. The van der Waals surface area contributed by atoms with Gasteiger partial charge in [-0.1, -0.05) is 0 Å². The van der Waals surface area contributed by atoms with Gasteiger partial charge in [-0.2, -0.15) is 0 Å². The third-order valence-electron chi connectivity index (χ3n) is 8.72. The van der Waals surface area contributed by atoms with E-state index < -0.39 is 60.7 Å². The second-order valence-electron chi connectivity index (χ2n) is 13.2. The molecule has 18 heteroatoms. The van der Waals surface area contributed by atoms with Crippen LogP contribution < -0.4 is 34.1 Å². The van der Waals surface area contributed by atoms with Crippen molar-refractivity contribution in [2.75, 3.05) is 82.3 Å². The third kappa shape index (κ3) is 9.85. The molecule has 1 aliphatic carbocycles. The van der Waals surface area contributed by atoms with E-state index >= 15 is 0 Å². The van der Waals surface area contributed by atoms with Gasteiger partial charge in [0.2, 0.25) is 5.36 Å². The number of aliphatic carboxylic acids is 4. The minimum absolute atomic E-state index is 0.0220. The van der Waals surface area contributed by atoms with Crippen LogP contribution in [-0.2, 0) is 19.2 Å². The highest BCUT2D eigenvalue weighted by Gasteiger charge is 2.25. The van der Waals surface area contributed by atoms with Gasteiger partial charge >= 0.3 is 23.9 Å². The zero-order valence-corrected chi connectivity index (χ0v) is 31.4. The van der Waals surface area contributed by atoms with Crippen molar-refractivity contribution in [1.29, 1.82) is 0 Å². The largest absolute Gasteiger partial charge is 0.489 e. The van der Waals surface area contributed by atoms with Crippen LogP contribution in [0.3, 0.4) is 0 Å². The number of carboxylic acids is 4. The molecule has 4 N–H and O–H groups in total. The zero-order chi connectivity index (χ0) is 41.6. The monoisotopic (exact) mass is 786 g/mol. The molecule has 2 aliphatic rings. The first-order valence-electron chi connectivity index (χ1n) is 17.3. The van der Waals surface area contributed by atoms with Crippen molar-refractivity contribution in [3.63, 3.8) is 0 Å². The maximum atomic E-state index is 11.8. The molecule has 5 rings (SSSR count). The van der Waals surface area contributed by atoms with Gasteiger partial charge in [0.15, 0.2) is 0 Å². The Hall–Kier alpha value is -7.37. The van der Waals surface area contributed by atoms with Crippen molar-refractivity contribution < 1.29 is 58.4 Å². The molecule has 57 heavy (non-hydrogen) atoms. The lowest BCUT2D eigenvalue weighted by Gasteiger charge is -2.24. The average Bonchev–Trinajstić information content (AvgIpc) is 3.13. The number of hydrogen-bond donors (Lipinski definition) is 4. The van der Waals surface area contributed by atoms with E-state index in [1.165, 1.54) is 12.1 Å². The third-order valence-corrected chi connectivity index (χ3v) is 8.72. The number of fused-ring (bicyclic) bond motifs is 2. The van der Waals surface area contributed by atoms with Gasteiger partial charge in [0.05, 0.1) is 22.7 Å². The predicted molar refractivity (Wildman–Crippen MR) is 209 cm³/mol. The smallest absolute Gasteiger partial charge is 0.323 e. The van der Waals surface area contributed by atoms with Gasteiger partial charge in [-0.15, -0.1) is 0 Å². The number of nitro groups is 1. The van der Waals surface area contributed by atoms with E-state index in [0.717, 1.165) is 33.0 Å². The van der Waals surface area contributed by atoms with Gasteiger partial charge in [-0.05, 0) is 36.4 Å². The zero-order valence-electron chi connectivity index (χ0n) is 31.4. The van der Waals surface area contributed by atoms with Gasteiger partial charge in [0.25, 0.3) is 5.69 Å². The van der Waals surface area contributed by atoms with Gasteiger partial charge in [-0.25, -0.2) is 4.58 Å². The summed E-state index contributed by atoms with van der Waals surface area (Å²) in [4.78, 5) is 61.7. The molecular formula is C39H40N5O13+. The quantitative estimate of drug-likeness (QED) is 0.0326. The van der Waals surface area contributed by atoms with Crippen LogP contribution in [0, 0.1) is 10.1 Å². The molecule has 0 fully saturated rings. The number of rotatable bonds is 18. The highest BCUT2D eigenvalue weighted by Crippen LogP contribution is 2.45. The van der Waals surface area contributed by atoms with Crippen molar-refractivity contribution in [3.8, 4) is 33.9 Å². The van der Waals surface area contributed by atoms with Crippen molar-refractivity contribution >= 4 is 57.6 Å². The van der Waals surface area contributed by atoms with Crippen molar-refractivity contribution in [3.05, 3.63) is 88.3 Å². The molecule has 0 amide bonds. The van der Waals surface area contributed by atoms with E-state index in [-0.39, 0.29) is 36.1 Å². The summed E-state index contributed by atoms with van der Waals surface area (Å²) in [5.41, 5.74) is 3.13. The van der Waals surface area contributed by atoms with Crippen LogP contribution in [0.15, 0.2) is 77.2 Å². The lowest BCUT2D eigenvalue weighted by Crippen LogP contribution is -2.34. The molecule has 0 atom stereocenters. The normalized spacial score (nSPS) is 10.9. The molecular weight excluding hydrogens is 746 g/mol. The molecule has 0 radical (unpaired) electrons. The topological polar surface area (TPSA) is 237 Å². The average molecular weight is 787 g/mol. The van der Waals surface area contributed by atoms with Crippen LogP contribution in [0.25, 0.3) is 33.4 Å². The standard InChI is InChI=1S/C39H39N5O13/c1-40(2)23-5-9-28-32(15-23)57-33-16-24(41(3)4)6-10-29(33)39(28)27-11-7-25(42(19-35(45)46)20-36(47)48)17-31(27)55-13-14-56-34-18-26(44(53)54)8-12-30(34)43(21-37(49)50)22-38(51)52/h5-12,15-18H,13-14,19-22H2,1-4H3,(H3-,45,46,47,48,49,50,51,52)/p+1. The van der Waals surface area contributed by atoms with E-state index in [1.807, 2.05) is 74.1 Å². The minimum atomic E-state index is -1.35. The molecule has 0 saturated carbocycles. The molecule has 298 valence electrons. The summed E-state index contributed by atoms with van der Waals surface area (Å²) < 4.78 is 20.6. The fourth-order valence-electron chi connectivity index (χ4n) is 6.16. The molecule has 1 aliphatic heterocycles. The van der Waals surface area contributed by atoms with E-state index in [4.69, 9.17) is 13.9 Å². The second kappa shape index (κ2) is 17.4. The van der Waals surface area contributed by atoms with Gasteiger partial charge < -0.3 is 49.0 Å². The van der Waals surface area contributed by atoms with E-state index in [0.29, 0.717) is 33.4 Å². The molecule has 0 spiro atoms. The Balaban J connectivity index is 1.63. The maximum Gasteiger partial charge on any atom is 0.323 e. The van der Waals surface area contributed by atoms with Crippen LogP contribution in [0.1, 0.15) is 0 Å². The highest BCUT2D eigenvalue weighted by atomic mass is 16.6. The Morgan fingerprint density at radius 1 is 0.684 bits per heavy atom. The first kappa shape index (κ1) is 40.8. The minimum Gasteiger partial charge on any atom is -0.489 e. The molecule has 18 nitrogen and oxygen atoms in total. The fourth-order valence-corrected chi connectivity index (χ4v) is 6.16. The summed E-state index contributed by atoms with van der Waals surface area (Å²) in [6.07, 6.45) is 0. The fraction of sp³-hybridized carbons (Fsp3) is 0.256. The van der Waals surface area contributed by atoms with E-state index in [9.17, 15) is 49.7 Å². The highest BCUT2D eigenvalue weighted by molar-refractivity contribution is 6.04. The summed E-state index contributed by atoms with van der Waals surface area (Å²) in [6.45, 7) is -3.28. The number of carboxylic acid groups (broad SMARTS) is 4. The lowest BCUT2D eigenvalue weighted by atomic mass is 9.92.